The van der Waals surface area contributed by atoms with Crippen LogP contribution in [0.2, 0.25) is 0 Å². The van der Waals surface area contributed by atoms with E-state index in [1.807, 2.05) is 18.2 Å². The van der Waals surface area contributed by atoms with Gasteiger partial charge in [-0.3, -0.25) is 19.3 Å². The summed E-state index contributed by atoms with van der Waals surface area (Å²) in [4.78, 5) is 45.8. The highest BCUT2D eigenvalue weighted by Gasteiger charge is 2.44. The lowest BCUT2D eigenvalue weighted by atomic mass is 9.82. The number of hydrogen-bond acceptors (Lipinski definition) is 9. The minimum atomic E-state index is -0.826. The maximum Gasteiger partial charge on any atom is 0.257 e. The first-order chi connectivity index (χ1) is 23.7. The predicted molar refractivity (Wildman–Crippen MR) is 175 cm³/mol. The van der Waals surface area contributed by atoms with Crippen LogP contribution >= 0.6 is 0 Å². The zero-order valence-electron chi connectivity index (χ0n) is 27.5. The third kappa shape index (κ3) is 6.77. The largest absolute Gasteiger partial charge is 0.497 e. The highest BCUT2D eigenvalue weighted by molar-refractivity contribution is 5.97. The van der Waals surface area contributed by atoms with E-state index in [4.69, 9.17) is 9.26 Å². The number of halogens is 1. The Balaban J connectivity index is 1.13. The summed E-state index contributed by atoms with van der Waals surface area (Å²) in [7, 11) is 1.65. The molecule has 2 N–H and O–H groups in total. The van der Waals surface area contributed by atoms with Gasteiger partial charge < -0.3 is 24.8 Å². The Labute approximate surface area is 282 Å². The first kappa shape index (κ1) is 32.4. The smallest absolute Gasteiger partial charge is 0.257 e. The number of nitrogens with zero attached hydrogens (tertiary/aromatic N) is 6. The van der Waals surface area contributed by atoms with Gasteiger partial charge in [-0.1, -0.05) is 22.5 Å². The topological polar surface area (TPSA) is 148 Å². The highest BCUT2D eigenvalue weighted by Crippen LogP contribution is 2.34. The summed E-state index contributed by atoms with van der Waals surface area (Å²) in [5, 5.41) is 18.8. The van der Waals surface area contributed by atoms with Crippen molar-refractivity contribution in [1.82, 2.24) is 40.6 Å². The van der Waals surface area contributed by atoms with Crippen molar-refractivity contribution in [2.75, 3.05) is 26.7 Å². The minimum absolute atomic E-state index is 0.0506. The second kappa shape index (κ2) is 13.4. The summed E-state index contributed by atoms with van der Waals surface area (Å²) in [6.07, 6.45) is 3.81. The molecule has 256 valence electrons. The maximum absolute atomic E-state index is 14.2. The van der Waals surface area contributed by atoms with Crippen LogP contribution in [0.1, 0.15) is 65.5 Å². The van der Waals surface area contributed by atoms with Gasteiger partial charge in [-0.05, 0) is 74.6 Å². The number of methoxy groups -OCH3 is 1. The molecule has 0 bridgehead atoms. The molecule has 1 spiro atoms. The molecule has 4 aromatic rings. The molecule has 3 amide bonds. The van der Waals surface area contributed by atoms with Crippen LogP contribution in [0.4, 0.5) is 4.39 Å². The van der Waals surface area contributed by atoms with Gasteiger partial charge >= 0.3 is 0 Å². The van der Waals surface area contributed by atoms with E-state index in [9.17, 15) is 18.8 Å². The summed E-state index contributed by atoms with van der Waals surface area (Å²) in [5.74, 6) is -0.179. The average molecular weight is 671 g/mol. The van der Waals surface area contributed by atoms with E-state index < -0.39 is 11.6 Å². The van der Waals surface area contributed by atoms with Crippen LogP contribution in [0.3, 0.4) is 0 Å². The molecule has 49 heavy (non-hydrogen) atoms. The molecule has 2 saturated heterocycles. The molecular weight excluding hydrogens is 631 g/mol. The van der Waals surface area contributed by atoms with E-state index in [1.54, 1.807) is 41.9 Å². The van der Waals surface area contributed by atoms with Crippen LogP contribution in [-0.4, -0.2) is 86.0 Å². The molecule has 0 radical (unpaired) electrons. The quantitative estimate of drug-likeness (QED) is 0.326. The minimum Gasteiger partial charge on any atom is -0.497 e. The summed E-state index contributed by atoms with van der Waals surface area (Å²) in [5.41, 5.74) is 2.30. The van der Waals surface area contributed by atoms with Gasteiger partial charge in [0.05, 0.1) is 43.5 Å². The number of amides is 3. The number of carbonyl (C=O) groups excluding carboxylic acids is 3. The van der Waals surface area contributed by atoms with E-state index >= 15 is 0 Å². The van der Waals surface area contributed by atoms with E-state index in [0.717, 1.165) is 16.9 Å². The molecule has 2 aromatic carbocycles. The normalized spacial score (nSPS) is 21.6. The van der Waals surface area contributed by atoms with Gasteiger partial charge in [0.2, 0.25) is 11.8 Å². The second-order valence-electron chi connectivity index (χ2n) is 13.2. The molecule has 0 unspecified atom stereocenters. The van der Waals surface area contributed by atoms with Crippen LogP contribution in [-0.2, 0) is 22.7 Å². The lowest BCUT2D eigenvalue weighted by Gasteiger charge is -2.45. The molecule has 0 aliphatic carbocycles. The fourth-order valence-corrected chi connectivity index (χ4v) is 7.26. The fourth-order valence-electron chi connectivity index (χ4n) is 7.26. The van der Waals surface area contributed by atoms with Crippen LogP contribution in [0.25, 0.3) is 11.3 Å². The van der Waals surface area contributed by atoms with Gasteiger partial charge in [0, 0.05) is 31.7 Å². The Morgan fingerprint density at radius 3 is 2.65 bits per heavy atom. The Kier molecular flexibility index (Phi) is 8.88. The number of benzene rings is 2. The van der Waals surface area contributed by atoms with Crippen molar-refractivity contribution in [3.8, 4) is 17.0 Å². The molecule has 5 heterocycles. The molecular formula is C35H39FN8O5. The Morgan fingerprint density at radius 2 is 1.88 bits per heavy atom. The van der Waals surface area contributed by atoms with Crippen molar-refractivity contribution in [3.63, 3.8) is 0 Å². The number of hydrogen-bond donors (Lipinski definition) is 2. The summed E-state index contributed by atoms with van der Waals surface area (Å²) < 4.78 is 26.1. The monoisotopic (exact) mass is 670 g/mol. The van der Waals surface area contributed by atoms with Crippen LogP contribution in [0, 0.1) is 12.7 Å². The molecule has 3 aliphatic heterocycles. The van der Waals surface area contributed by atoms with Gasteiger partial charge in [0.15, 0.2) is 5.76 Å². The van der Waals surface area contributed by atoms with Crippen molar-refractivity contribution >= 4 is 17.7 Å². The van der Waals surface area contributed by atoms with Crippen molar-refractivity contribution in [1.29, 1.82) is 0 Å². The lowest BCUT2D eigenvalue weighted by Crippen LogP contribution is -2.60. The van der Waals surface area contributed by atoms with Crippen molar-refractivity contribution in [3.05, 3.63) is 83.1 Å². The van der Waals surface area contributed by atoms with Gasteiger partial charge in [0.25, 0.3) is 5.91 Å². The van der Waals surface area contributed by atoms with E-state index in [-0.39, 0.29) is 53.9 Å². The van der Waals surface area contributed by atoms with Crippen LogP contribution in [0.15, 0.2) is 59.3 Å². The van der Waals surface area contributed by atoms with Gasteiger partial charge in [-0.15, -0.1) is 5.10 Å². The third-order valence-corrected chi connectivity index (χ3v) is 10.0. The molecule has 0 saturated carbocycles. The molecule has 3 aliphatic rings. The zero-order valence-corrected chi connectivity index (χ0v) is 27.5. The first-order valence-corrected chi connectivity index (χ1v) is 16.6. The van der Waals surface area contributed by atoms with Crippen LogP contribution < -0.4 is 15.4 Å². The Hall–Kier alpha value is -5.11. The number of ether oxygens (including phenoxy) is 1. The standard InChI is InChI=1S/C35H39FN8O5/c1-22-32-30(49-40-22)19-37-33(46)29-17-26(44-21-28(39-41-44)24-6-8-25(36)9-7-24)10-13-43(29)31(45)18-35(38-34(32)47)11-14-42(15-12-35)20-23-4-3-5-27(16-23)48-2/h3-9,16,21,26,29H,10-15,17-20H2,1-2H3,(H,37,46)(H,38,47)/t26-,29+/m1/s1. The second-order valence-corrected chi connectivity index (χ2v) is 13.2. The first-order valence-electron chi connectivity index (χ1n) is 16.6. The zero-order chi connectivity index (χ0) is 34.1. The van der Waals surface area contributed by atoms with Gasteiger partial charge in [-0.25, -0.2) is 9.07 Å². The van der Waals surface area contributed by atoms with Crippen molar-refractivity contribution in [2.24, 2.45) is 0 Å². The molecule has 7 rings (SSSR count). The van der Waals surface area contributed by atoms with Crippen molar-refractivity contribution < 1.29 is 28.0 Å². The van der Waals surface area contributed by atoms with Crippen molar-refractivity contribution in [2.45, 2.75) is 69.7 Å². The average Bonchev–Trinajstić information content (AvgIpc) is 3.75. The number of piperidine rings is 2. The molecule has 2 fully saturated rings. The number of rotatable bonds is 5. The van der Waals surface area contributed by atoms with Gasteiger partial charge in [-0.2, -0.15) is 0 Å². The number of likely N-dealkylation sites (tertiary alicyclic amines) is 1. The number of nitrogens with one attached hydrogen (secondary N) is 2. The SMILES string of the molecule is COc1cccc(CN2CCC3(CC2)CC(=O)N2CC[C@@H](n4cc(-c5ccc(F)cc5)nn4)C[C@H]2C(=O)NCc2onc(C)c2C(=O)N3)c1. The Bertz CT molecular complexity index is 1850. The molecule has 14 heteroatoms. The van der Waals surface area contributed by atoms with E-state index in [0.29, 0.717) is 63.3 Å². The number of aromatic nitrogens is 4. The summed E-state index contributed by atoms with van der Waals surface area (Å²) in [6, 6.07) is 13.0. The fraction of sp³-hybridized carbons (Fsp3) is 0.429. The Morgan fingerprint density at radius 1 is 1.08 bits per heavy atom. The van der Waals surface area contributed by atoms with Gasteiger partial charge in [0.1, 0.15) is 28.9 Å². The lowest BCUT2D eigenvalue weighted by molar-refractivity contribution is -0.145. The molecule has 2 aromatic heterocycles. The third-order valence-electron chi connectivity index (χ3n) is 10.0. The maximum atomic E-state index is 14.2. The number of aryl methyl sites for hydroxylation is 1. The van der Waals surface area contributed by atoms with E-state index in [1.165, 1.54) is 12.1 Å². The highest BCUT2D eigenvalue weighted by atomic mass is 19.1. The number of carbonyl (C=O) groups is 3. The van der Waals surface area contributed by atoms with E-state index in [2.05, 4.69) is 37.1 Å². The van der Waals surface area contributed by atoms with Crippen LogP contribution in [0.5, 0.6) is 5.75 Å². The predicted octanol–water partition coefficient (Wildman–Crippen LogP) is 3.41. The molecule has 2 atom stereocenters. The summed E-state index contributed by atoms with van der Waals surface area (Å²) >= 11 is 0. The number of fused-ring (bicyclic) bond motifs is 2. The molecule has 13 nitrogen and oxygen atoms in total. The summed E-state index contributed by atoms with van der Waals surface area (Å²) in [6.45, 7) is 4.00.